The van der Waals surface area contributed by atoms with Crippen molar-refractivity contribution in [2.45, 2.75) is 0 Å². The van der Waals surface area contributed by atoms with Crippen LogP contribution in [0.1, 0.15) is 0 Å². The Hall–Kier alpha value is -6.85. The van der Waals surface area contributed by atoms with Crippen molar-refractivity contribution in [1.82, 2.24) is 19.5 Å². The molecule has 0 fully saturated rings. The Kier molecular flexibility index (Phi) is 4.91. The van der Waals surface area contributed by atoms with Gasteiger partial charge in [0, 0.05) is 38.1 Å². The molecule has 5 nitrogen and oxygen atoms in total. The quantitative estimate of drug-likeness (QED) is 0.143. The summed E-state index contributed by atoms with van der Waals surface area (Å²) in [6, 6.07) is 51.1. The van der Waals surface area contributed by atoms with Crippen molar-refractivity contribution < 1.29 is 4.42 Å². The first-order chi connectivity index (χ1) is 24.8. The van der Waals surface area contributed by atoms with E-state index in [4.69, 9.17) is 19.4 Å². The minimum absolute atomic E-state index is 0.582. The molecular formula is C45H24N4O. The van der Waals surface area contributed by atoms with Crippen molar-refractivity contribution in [2.24, 2.45) is 0 Å². The number of hydrogen-bond acceptors (Lipinski definition) is 4. The van der Waals surface area contributed by atoms with E-state index >= 15 is 0 Å². The second-order valence-corrected chi connectivity index (χ2v) is 13.1. The zero-order valence-electron chi connectivity index (χ0n) is 26.6. The molecule has 12 rings (SSSR count). The summed E-state index contributed by atoms with van der Waals surface area (Å²) in [4.78, 5) is 15.7. The largest absolute Gasteiger partial charge is 0.456 e. The Morgan fingerprint density at radius 2 is 0.960 bits per heavy atom. The monoisotopic (exact) mass is 636 g/mol. The summed E-state index contributed by atoms with van der Waals surface area (Å²) >= 11 is 0. The number of para-hydroxylation sites is 1. The number of rotatable bonds is 3. The predicted octanol–water partition coefficient (Wildman–Crippen LogP) is 11.7. The number of benzene rings is 9. The lowest BCUT2D eigenvalue weighted by atomic mass is 9.86. The molecule has 230 valence electrons. The lowest BCUT2D eigenvalue weighted by Crippen LogP contribution is -2.06. The number of fused-ring (bicyclic) bond motifs is 7. The van der Waals surface area contributed by atoms with Gasteiger partial charge in [-0.05, 0) is 62.0 Å². The van der Waals surface area contributed by atoms with Crippen molar-refractivity contribution in [3.8, 4) is 28.7 Å². The van der Waals surface area contributed by atoms with E-state index in [1.165, 1.54) is 53.9 Å². The third kappa shape index (κ3) is 3.28. The Morgan fingerprint density at radius 3 is 1.80 bits per heavy atom. The molecule has 0 radical (unpaired) electrons. The Bertz CT molecular complexity index is 3320. The molecule has 0 aliphatic carbocycles. The van der Waals surface area contributed by atoms with E-state index in [9.17, 15) is 0 Å². The molecule has 12 aromatic rings. The van der Waals surface area contributed by atoms with E-state index in [1.807, 2.05) is 48.5 Å². The van der Waals surface area contributed by atoms with Crippen LogP contribution < -0.4 is 0 Å². The smallest absolute Gasteiger partial charge is 0.238 e. The molecule has 0 atom stereocenters. The van der Waals surface area contributed by atoms with Gasteiger partial charge in [0.15, 0.2) is 11.6 Å². The summed E-state index contributed by atoms with van der Waals surface area (Å²) < 4.78 is 8.53. The zero-order chi connectivity index (χ0) is 32.5. The highest BCUT2D eigenvalue weighted by Gasteiger charge is 2.25. The van der Waals surface area contributed by atoms with Crippen molar-refractivity contribution in [3.05, 3.63) is 146 Å². The average molecular weight is 637 g/mol. The first-order valence-electron chi connectivity index (χ1n) is 16.9. The Morgan fingerprint density at radius 1 is 0.360 bits per heavy atom. The van der Waals surface area contributed by atoms with Gasteiger partial charge in [0.05, 0.1) is 11.0 Å². The summed E-state index contributed by atoms with van der Waals surface area (Å²) in [5.41, 5.74) is 5.63. The maximum absolute atomic E-state index is 6.29. The van der Waals surface area contributed by atoms with Gasteiger partial charge in [-0.1, -0.05) is 121 Å². The van der Waals surface area contributed by atoms with E-state index in [1.54, 1.807) is 0 Å². The zero-order valence-corrected chi connectivity index (χ0v) is 26.6. The van der Waals surface area contributed by atoms with Gasteiger partial charge in [0.1, 0.15) is 11.2 Å². The molecule has 50 heavy (non-hydrogen) atoms. The minimum Gasteiger partial charge on any atom is -0.456 e. The molecule has 0 spiro atoms. The molecule has 3 heterocycles. The molecule has 0 aliphatic heterocycles. The minimum atomic E-state index is 0.582. The fourth-order valence-corrected chi connectivity index (χ4v) is 8.56. The van der Waals surface area contributed by atoms with Gasteiger partial charge in [0.2, 0.25) is 5.95 Å². The van der Waals surface area contributed by atoms with Crippen LogP contribution in [0, 0.1) is 0 Å². The van der Waals surface area contributed by atoms with E-state index in [-0.39, 0.29) is 0 Å². The number of furan rings is 1. The summed E-state index contributed by atoms with van der Waals surface area (Å²) in [7, 11) is 0. The van der Waals surface area contributed by atoms with Crippen LogP contribution in [0.15, 0.2) is 150 Å². The highest BCUT2D eigenvalue weighted by molar-refractivity contribution is 6.44. The topological polar surface area (TPSA) is 56.7 Å². The van der Waals surface area contributed by atoms with Crippen LogP contribution in [0.25, 0.3) is 116 Å². The maximum Gasteiger partial charge on any atom is 0.238 e. The molecule has 5 heteroatoms. The third-order valence-corrected chi connectivity index (χ3v) is 10.6. The van der Waals surface area contributed by atoms with Crippen LogP contribution in [-0.2, 0) is 0 Å². The first-order valence-corrected chi connectivity index (χ1v) is 16.9. The third-order valence-electron chi connectivity index (χ3n) is 10.6. The highest BCUT2D eigenvalue weighted by atomic mass is 16.3. The van der Waals surface area contributed by atoms with Gasteiger partial charge in [-0.3, -0.25) is 4.57 Å². The second kappa shape index (κ2) is 9.40. The summed E-state index contributed by atoms with van der Waals surface area (Å²) in [5.74, 6) is 1.80. The van der Waals surface area contributed by atoms with Crippen molar-refractivity contribution >= 4 is 86.8 Å². The normalized spacial score (nSPS) is 12.4. The van der Waals surface area contributed by atoms with Gasteiger partial charge < -0.3 is 4.42 Å². The number of hydrogen-bond donors (Lipinski definition) is 0. The van der Waals surface area contributed by atoms with Crippen molar-refractivity contribution in [1.29, 1.82) is 0 Å². The van der Waals surface area contributed by atoms with Gasteiger partial charge in [-0.2, -0.15) is 9.97 Å². The molecule has 0 saturated carbocycles. The first kappa shape index (κ1) is 26.1. The van der Waals surface area contributed by atoms with Crippen LogP contribution in [-0.4, -0.2) is 19.5 Å². The summed E-state index contributed by atoms with van der Waals surface area (Å²) in [5, 5.41) is 14.7. The van der Waals surface area contributed by atoms with E-state index < -0.39 is 0 Å². The molecule has 0 amide bonds. The van der Waals surface area contributed by atoms with Crippen LogP contribution >= 0.6 is 0 Å². The predicted molar refractivity (Wildman–Crippen MR) is 205 cm³/mol. The standard InChI is InChI=1S/C45H24N4O/c1-2-11-25(12-3-1)43-46-44(33-19-10-22-37-38(33)32-15-6-7-21-36(32)50-37)48-45(47-43)49-34-20-9-18-30-29-17-8-16-28-26-13-4-5-14-27(26)31-23-24-35(49)42(40(30)34)41(31)39(28)29/h1-24H. The lowest BCUT2D eigenvalue weighted by Gasteiger charge is -2.16. The number of nitrogens with zero attached hydrogens (tertiary/aromatic N) is 4. The van der Waals surface area contributed by atoms with Crippen molar-refractivity contribution in [3.63, 3.8) is 0 Å². The Balaban J connectivity index is 1.25. The molecule has 3 aromatic heterocycles. The van der Waals surface area contributed by atoms with Crippen LogP contribution in [0.4, 0.5) is 0 Å². The maximum atomic E-state index is 6.29. The fourth-order valence-electron chi connectivity index (χ4n) is 8.56. The van der Waals surface area contributed by atoms with Crippen molar-refractivity contribution in [2.75, 3.05) is 0 Å². The summed E-state index contributed by atoms with van der Waals surface area (Å²) in [6.07, 6.45) is 0. The van der Waals surface area contributed by atoms with Crippen LogP contribution in [0.3, 0.4) is 0 Å². The van der Waals surface area contributed by atoms with E-state index in [0.29, 0.717) is 17.6 Å². The average Bonchev–Trinajstić information content (AvgIpc) is 3.74. The van der Waals surface area contributed by atoms with Crippen LogP contribution in [0.2, 0.25) is 0 Å². The van der Waals surface area contributed by atoms with E-state index in [0.717, 1.165) is 44.1 Å². The SMILES string of the molecule is c1ccc(-c2nc(-c3cccc4oc5ccccc5c34)nc(-n3c4cccc5c6cccc7c8ccccc8c8ccc3c(c8c76)c54)n2)cc1. The molecule has 9 aromatic carbocycles. The fraction of sp³-hybridized carbons (Fsp3) is 0. The number of aromatic nitrogens is 4. The lowest BCUT2D eigenvalue weighted by molar-refractivity contribution is 0.669. The summed E-state index contributed by atoms with van der Waals surface area (Å²) in [6.45, 7) is 0. The molecular weight excluding hydrogens is 613 g/mol. The van der Waals surface area contributed by atoms with E-state index in [2.05, 4.69) is 102 Å². The molecule has 0 saturated heterocycles. The van der Waals surface area contributed by atoms with Gasteiger partial charge in [0.25, 0.3) is 0 Å². The second-order valence-electron chi connectivity index (χ2n) is 13.1. The molecule has 0 bridgehead atoms. The highest BCUT2D eigenvalue weighted by Crippen LogP contribution is 2.49. The van der Waals surface area contributed by atoms with Gasteiger partial charge >= 0.3 is 0 Å². The molecule has 0 aliphatic rings. The molecule has 0 N–H and O–H groups in total. The molecule has 0 unspecified atom stereocenters. The van der Waals surface area contributed by atoms with Gasteiger partial charge in [-0.25, -0.2) is 4.98 Å². The van der Waals surface area contributed by atoms with Crippen LogP contribution in [0.5, 0.6) is 0 Å². The Labute approximate surface area is 284 Å². The van der Waals surface area contributed by atoms with Gasteiger partial charge in [-0.15, -0.1) is 0 Å².